The number of aryl methyl sites for hydroxylation is 1. The van der Waals surface area contributed by atoms with Crippen LogP contribution in [-0.4, -0.2) is 56.4 Å². The number of carbonyl (C=O) groups excluding carboxylic acids is 1. The number of likely N-dealkylation sites (tertiary alicyclic amines) is 1. The van der Waals surface area contributed by atoms with Gasteiger partial charge in [0, 0.05) is 38.4 Å². The number of carboxylic acid groups (broad SMARTS) is 1. The van der Waals surface area contributed by atoms with Crippen molar-refractivity contribution in [2.45, 2.75) is 51.0 Å². The van der Waals surface area contributed by atoms with Crippen molar-refractivity contribution >= 4 is 18.0 Å². The van der Waals surface area contributed by atoms with Crippen LogP contribution in [0.1, 0.15) is 56.2 Å². The van der Waals surface area contributed by atoms with E-state index in [1.165, 1.54) is 0 Å². The minimum Gasteiger partial charge on any atom is -0.449 e. The maximum atomic E-state index is 12.9. The Morgan fingerprint density at radius 2 is 1.96 bits per heavy atom. The van der Waals surface area contributed by atoms with Gasteiger partial charge < -0.3 is 19.6 Å². The molecule has 9 heteroatoms. The van der Waals surface area contributed by atoms with Crippen LogP contribution in [0.25, 0.3) is 0 Å². The SMILES string of the molecule is Cn1nc(C(C)(C)C)cc1C(=O)N1CCC2(CC1)CC(OC(=O)O)=NO2. The van der Waals surface area contributed by atoms with Crippen molar-refractivity contribution in [1.29, 1.82) is 0 Å². The first-order chi connectivity index (χ1) is 12.1. The number of aromatic nitrogens is 2. The molecule has 0 radical (unpaired) electrons. The van der Waals surface area contributed by atoms with E-state index in [0.717, 1.165) is 5.69 Å². The molecule has 0 unspecified atom stereocenters. The van der Waals surface area contributed by atoms with E-state index in [1.54, 1.807) is 16.6 Å². The monoisotopic (exact) mass is 364 g/mol. The van der Waals surface area contributed by atoms with Crippen molar-refractivity contribution in [3.8, 4) is 0 Å². The maximum absolute atomic E-state index is 12.9. The zero-order valence-electron chi connectivity index (χ0n) is 15.5. The number of carbonyl (C=O) groups is 2. The number of oxime groups is 1. The molecule has 0 atom stereocenters. The average molecular weight is 364 g/mol. The summed E-state index contributed by atoms with van der Waals surface area (Å²) in [5, 5.41) is 16.8. The van der Waals surface area contributed by atoms with Gasteiger partial charge in [-0.15, -0.1) is 0 Å². The molecule has 26 heavy (non-hydrogen) atoms. The van der Waals surface area contributed by atoms with E-state index in [-0.39, 0.29) is 17.2 Å². The van der Waals surface area contributed by atoms with E-state index in [4.69, 9.17) is 9.94 Å². The van der Waals surface area contributed by atoms with Gasteiger partial charge >= 0.3 is 6.16 Å². The fourth-order valence-electron chi connectivity index (χ4n) is 3.22. The highest BCUT2D eigenvalue weighted by Crippen LogP contribution is 2.35. The predicted octanol–water partition coefficient (Wildman–Crippen LogP) is 2.12. The van der Waals surface area contributed by atoms with Gasteiger partial charge in [-0.2, -0.15) is 5.10 Å². The molecular weight excluding hydrogens is 340 g/mol. The topological polar surface area (TPSA) is 106 Å². The number of hydrogen-bond acceptors (Lipinski definition) is 6. The lowest BCUT2D eigenvalue weighted by atomic mass is 9.88. The molecular formula is C17H24N4O5. The van der Waals surface area contributed by atoms with E-state index in [2.05, 4.69) is 35.8 Å². The van der Waals surface area contributed by atoms with E-state index in [9.17, 15) is 9.59 Å². The predicted molar refractivity (Wildman–Crippen MR) is 92.0 cm³/mol. The first-order valence-electron chi connectivity index (χ1n) is 8.59. The van der Waals surface area contributed by atoms with Crippen molar-refractivity contribution in [2.75, 3.05) is 13.1 Å². The Kier molecular flexibility index (Phi) is 4.41. The molecule has 142 valence electrons. The normalized spacial score (nSPS) is 19.2. The summed E-state index contributed by atoms with van der Waals surface area (Å²) in [4.78, 5) is 30.7. The maximum Gasteiger partial charge on any atom is 0.512 e. The molecule has 3 rings (SSSR count). The van der Waals surface area contributed by atoms with Gasteiger partial charge in [0.2, 0.25) is 5.90 Å². The number of amides is 1. The Bertz CT molecular complexity index is 754. The number of hydrogen-bond donors (Lipinski definition) is 1. The van der Waals surface area contributed by atoms with Crippen LogP contribution < -0.4 is 0 Å². The second-order valence-electron chi connectivity index (χ2n) is 7.88. The Morgan fingerprint density at radius 1 is 1.31 bits per heavy atom. The second kappa shape index (κ2) is 6.30. The molecule has 0 bridgehead atoms. The van der Waals surface area contributed by atoms with E-state index < -0.39 is 11.8 Å². The summed E-state index contributed by atoms with van der Waals surface area (Å²) in [6.07, 6.45) is 0.0429. The first-order valence-corrected chi connectivity index (χ1v) is 8.59. The zero-order valence-corrected chi connectivity index (χ0v) is 15.5. The fourth-order valence-corrected chi connectivity index (χ4v) is 3.22. The molecule has 1 aromatic rings. The van der Waals surface area contributed by atoms with E-state index in [0.29, 0.717) is 38.0 Å². The lowest BCUT2D eigenvalue weighted by Gasteiger charge is -2.36. The molecule has 2 aliphatic rings. The van der Waals surface area contributed by atoms with Crippen molar-refractivity contribution < 1.29 is 24.3 Å². The van der Waals surface area contributed by atoms with E-state index in [1.807, 2.05) is 6.07 Å². The average Bonchev–Trinajstić information content (AvgIpc) is 3.11. The van der Waals surface area contributed by atoms with Gasteiger partial charge in [-0.1, -0.05) is 25.9 Å². The number of piperidine rings is 1. The Morgan fingerprint density at radius 3 is 2.50 bits per heavy atom. The quantitative estimate of drug-likeness (QED) is 0.765. The summed E-state index contributed by atoms with van der Waals surface area (Å²) in [7, 11) is 1.78. The molecule has 1 spiro atoms. The summed E-state index contributed by atoms with van der Waals surface area (Å²) in [6.45, 7) is 7.18. The largest absolute Gasteiger partial charge is 0.512 e. The summed E-state index contributed by atoms with van der Waals surface area (Å²) >= 11 is 0. The van der Waals surface area contributed by atoms with Gasteiger partial charge in [-0.05, 0) is 6.07 Å². The van der Waals surface area contributed by atoms with Crippen molar-refractivity contribution in [3.63, 3.8) is 0 Å². The van der Waals surface area contributed by atoms with Crippen LogP contribution in [-0.2, 0) is 22.0 Å². The summed E-state index contributed by atoms with van der Waals surface area (Å²) in [5.74, 6) is 0.00463. The summed E-state index contributed by atoms with van der Waals surface area (Å²) in [6, 6.07) is 1.85. The van der Waals surface area contributed by atoms with Crippen LogP contribution >= 0.6 is 0 Å². The third kappa shape index (κ3) is 3.51. The van der Waals surface area contributed by atoms with Gasteiger partial charge in [0.05, 0.1) is 12.1 Å². The van der Waals surface area contributed by atoms with Crippen LogP contribution in [0, 0.1) is 0 Å². The smallest absolute Gasteiger partial charge is 0.449 e. The van der Waals surface area contributed by atoms with Crippen molar-refractivity contribution in [2.24, 2.45) is 12.2 Å². The molecule has 1 amide bonds. The third-order valence-electron chi connectivity index (χ3n) is 4.85. The lowest BCUT2D eigenvalue weighted by Crippen LogP contribution is -2.47. The Balaban J connectivity index is 1.63. The van der Waals surface area contributed by atoms with Crippen LogP contribution in [0.5, 0.6) is 0 Å². The second-order valence-corrected chi connectivity index (χ2v) is 7.88. The minimum absolute atomic E-state index is 0.0636. The molecule has 0 aromatic carbocycles. The van der Waals surface area contributed by atoms with Crippen LogP contribution in [0.4, 0.5) is 4.79 Å². The molecule has 1 N–H and O–H groups in total. The molecule has 3 heterocycles. The minimum atomic E-state index is -1.40. The highest BCUT2D eigenvalue weighted by Gasteiger charge is 2.44. The van der Waals surface area contributed by atoms with Crippen molar-refractivity contribution in [3.05, 3.63) is 17.5 Å². The molecule has 1 saturated heterocycles. The van der Waals surface area contributed by atoms with Crippen LogP contribution in [0.3, 0.4) is 0 Å². The van der Waals surface area contributed by atoms with E-state index >= 15 is 0 Å². The lowest BCUT2D eigenvalue weighted by molar-refractivity contribution is -0.0569. The van der Waals surface area contributed by atoms with Crippen LogP contribution in [0.2, 0.25) is 0 Å². The molecule has 0 aliphatic carbocycles. The van der Waals surface area contributed by atoms with Gasteiger partial charge in [0.25, 0.3) is 5.91 Å². The van der Waals surface area contributed by atoms with Crippen LogP contribution in [0.15, 0.2) is 11.2 Å². The number of nitrogens with zero attached hydrogens (tertiary/aromatic N) is 4. The van der Waals surface area contributed by atoms with Gasteiger partial charge in [-0.3, -0.25) is 9.48 Å². The number of rotatable bonds is 1. The van der Waals surface area contributed by atoms with Gasteiger partial charge in [0.15, 0.2) is 0 Å². The summed E-state index contributed by atoms with van der Waals surface area (Å²) < 4.78 is 6.21. The van der Waals surface area contributed by atoms with Crippen molar-refractivity contribution in [1.82, 2.24) is 14.7 Å². The molecule has 2 aliphatic heterocycles. The number of ether oxygens (including phenoxy) is 1. The standard InChI is InChI=1S/C17H24N4O5/c1-16(2,3)12-9-11(20(4)18-12)14(22)21-7-5-17(6-8-21)10-13(19-26-17)25-15(23)24/h9H,5-8,10H2,1-4H3,(H,23,24). The highest BCUT2D eigenvalue weighted by molar-refractivity contribution is 5.93. The first kappa shape index (κ1) is 18.2. The zero-order chi connectivity index (χ0) is 19.1. The van der Waals surface area contributed by atoms with Gasteiger partial charge in [0.1, 0.15) is 11.3 Å². The Labute approximate surface area is 151 Å². The summed E-state index contributed by atoms with van der Waals surface area (Å²) in [5.41, 5.74) is 0.728. The third-order valence-corrected chi connectivity index (χ3v) is 4.85. The molecule has 0 saturated carbocycles. The molecule has 1 fully saturated rings. The fraction of sp³-hybridized carbons (Fsp3) is 0.647. The highest BCUT2D eigenvalue weighted by atomic mass is 16.7. The Hall–Kier alpha value is -2.58. The molecule has 1 aromatic heterocycles. The van der Waals surface area contributed by atoms with Gasteiger partial charge in [-0.25, -0.2) is 4.79 Å². The molecule has 9 nitrogen and oxygen atoms in total.